The molecule has 1 aliphatic rings. The average Bonchev–Trinajstić information content (AvgIpc) is 3.10. The molecule has 1 fully saturated rings. The number of nitrogens with one attached hydrogen (secondary N) is 2. The highest BCUT2D eigenvalue weighted by atomic mass is 19.1. The maximum atomic E-state index is 13.7. The van der Waals surface area contributed by atoms with Gasteiger partial charge in [-0.05, 0) is 37.1 Å². The Morgan fingerprint density at radius 1 is 1.07 bits per heavy atom. The number of aromatic nitrogens is 2. The summed E-state index contributed by atoms with van der Waals surface area (Å²) in [5.74, 6) is -2.58. The van der Waals surface area contributed by atoms with Crippen LogP contribution in [0, 0.1) is 11.6 Å². The molecule has 1 heterocycles. The van der Waals surface area contributed by atoms with Crippen LogP contribution in [0.1, 0.15) is 48.5 Å². The van der Waals surface area contributed by atoms with Crippen LogP contribution in [-0.2, 0) is 4.79 Å². The molecule has 0 saturated heterocycles. The summed E-state index contributed by atoms with van der Waals surface area (Å²) in [6.07, 6.45) is 5.50. The third-order valence-electron chi connectivity index (χ3n) is 5.37. The van der Waals surface area contributed by atoms with Gasteiger partial charge >= 0.3 is 0 Å². The summed E-state index contributed by atoms with van der Waals surface area (Å²) in [5, 5.41) is 5.13. The normalized spacial score (nSPS) is 14.6. The lowest BCUT2D eigenvalue weighted by Crippen LogP contribution is -2.34. The van der Waals surface area contributed by atoms with Gasteiger partial charge in [0.1, 0.15) is 11.6 Å². The van der Waals surface area contributed by atoms with E-state index in [4.69, 9.17) is 0 Å². The number of para-hydroxylation sites is 2. The summed E-state index contributed by atoms with van der Waals surface area (Å²) in [4.78, 5) is 29.1. The maximum Gasteiger partial charge on any atom is 0.254 e. The van der Waals surface area contributed by atoms with Crippen molar-refractivity contribution in [2.45, 2.75) is 38.1 Å². The first-order valence-electron chi connectivity index (χ1n) is 10.0. The van der Waals surface area contributed by atoms with Crippen LogP contribution < -0.4 is 10.6 Å². The fourth-order valence-corrected chi connectivity index (χ4v) is 3.94. The molecule has 4 rings (SSSR count). The molecule has 156 valence electrons. The first kappa shape index (κ1) is 20.0. The van der Waals surface area contributed by atoms with E-state index in [9.17, 15) is 18.4 Å². The van der Waals surface area contributed by atoms with Crippen molar-refractivity contribution >= 4 is 28.8 Å². The molecule has 6 nitrogen and oxygen atoms in total. The van der Waals surface area contributed by atoms with E-state index in [2.05, 4.69) is 20.2 Å². The third kappa shape index (κ3) is 4.17. The average molecular weight is 412 g/mol. The smallest absolute Gasteiger partial charge is 0.254 e. The molecule has 2 N–H and O–H groups in total. The molecule has 1 aliphatic carbocycles. The molecular weight excluding hydrogens is 390 g/mol. The van der Waals surface area contributed by atoms with Crippen LogP contribution in [0.3, 0.4) is 0 Å². The Morgan fingerprint density at radius 2 is 1.83 bits per heavy atom. The molecular formula is C22H22F2N4O2. The first-order chi connectivity index (χ1) is 14.5. The van der Waals surface area contributed by atoms with Crippen LogP contribution in [0.25, 0.3) is 11.0 Å². The van der Waals surface area contributed by atoms with E-state index in [0.29, 0.717) is 12.0 Å². The lowest BCUT2D eigenvalue weighted by Gasteiger charge is -2.25. The number of carbonyl (C=O) groups is 2. The molecule has 1 saturated carbocycles. The van der Waals surface area contributed by atoms with Crippen molar-refractivity contribution in [1.82, 2.24) is 14.9 Å². The fraction of sp³-hybridized carbons (Fsp3) is 0.318. The van der Waals surface area contributed by atoms with Gasteiger partial charge in [-0.15, -0.1) is 0 Å². The van der Waals surface area contributed by atoms with E-state index in [-0.39, 0.29) is 18.2 Å². The minimum atomic E-state index is -0.980. The SMILES string of the molecule is O=C(CNC(=O)c1ccc(F)cc1F)Nc1nc2ccccc2n1C1CCCCC1. The van der Waals surface area contributed by atoms with Crippen molar-refractivity contribution in [3.63, 3.8) is 0 Å². The summed E-state index contributed by atoms with van der Waals surface area (Å²) in [6.45, 7) is -0.358. The van der Waals surface area contributed by atoms with Gasteiger partial charge in [0, 0.05) is 12.1 Å². The molecule has 2 amide bonds. The van der Waals surface area contributed by atoms with Gasteiger partial charge in [0.05, 0.1) is 23.1 Å². The summed E-state index contributed by atoms with van der Waals surface area (Å²) < 4.78 is 28.8. The Hall–Kier alpha value is -3.29. The summed E-state index contributed by atoms with van der Waals surface area (Å²) >= 11 is 0. The summed E-state index contributed by atoms with van der Waals surface area (Å²) in [5.41, 5.74) is 1.42. The van der Waals surface area contributed by atoms with Gasteiger partial charge in [-0.3, -0.25) is 14.9 Å². The number of rotatable bonds is 5. The Balaban J connectivity index is 1.48. The van der Waals surface area contributed by atoms with Crippen LogP contribution in [0.2, 0.25) is 0 Å². The standard InChI is InChI=1S/C22H22F2N4O2/c23-14-10-11-16(17(24)12-14)21(30)25-13-20(29)27-22-26-18-8-4-5-9-19(18)28(22)15-6-2-1-3-7-15/h4-5,8-12,15H,1-3,6-7,13H2,(H,25,30)(H,26,27,29). The molecule has 30 heavy (non-hydrogen) atoms. The van der Waals surface area contributed by atoms with E-state index >= 15 is 0 Å². The van der Waals surface area contributed by atoms with E-state index in [1.165, 1.54) is 6.42 Å². The monoisotopic (exact) mass is 412 g/mol. The molecule has 3 aromatic rings. The van der Waals surface area contributed by atoms with Gasteiger partial charge in [0.15, 0.2) is 0 Å². The number of halogens is 2. The zero-order valence-electron chi connectivity index (χ0n) is 16.3. The van der Waals surface area contributed by atoms with Crippen molar-refractivity contribution in [3.8, 4) is 0 Å². The van der Waals surface area contributed by atoms with Gasteiger partial charge < -0.3 is 9.88 Å². The van der Waals surface area contributed by atoms with Crippen molar-refractivity contribution in [2.24, 2.45) is 0 Å². The molecule has 0 spiro atoms. The Kier molecular flexibility index (Phi) is 5.74. The van der Waals surface area contributed by atoms with E-state index in [1.807, 2.05) is 24.3 Å². The van der Waals surface area contributed by atoms with E-state index in [0.717, 1.165) is 48.8 Å². The van der Waals surface area contributed by atoms with Crippen molar-refractivity contribution < 1.29 is 18.4 Å². The minimum Gasteiger partial charge on any atom is -0.343 e. The number of benzene rings is 2. The summed E-state index contributed by atoms with van der Waals surface area (Å²) in [6, 6.07) is 10.6. The van der Waals surface area contributed by atoms with Crippen LogP contribution in [-0.4, -0.2) is 27.9 Å². The first-order valence-corrected chi connectivity index (χ1v) is 10.0. The lowest BCUT2D eigenvalue weighted by molar-refractivity contribution is -0.115. The number of fused-ring (bicyclic) bond motifs is 1. The van der Waals surface area contributed by atoms with E-state index < -0.39 is 23.4 Å². The zero-order valence-corrected chi connectivity index (χ0v) is 16.3. The number of hydrogen-bond acceptors (Lipinski definition) is 3. The molecule has 0 unspecified atom stereocenters. The van der Waals surface area contributed by atoms with Crippen LogP contribution in [0.15, 0.2) is 42.5 Å². The van der Waals surface area contributed by atoms with Crippen LogP contribution in [0.5, 0.6) is 0 Å². The Labute approximate surface area is 172 Å². The van der Waals surface area contributed by atoms with Gasteiger partial charge in [-0.2, -0.15) is 0 Å². The number of imidazole rings is 1. The topological polar surface area (TPSA) is 76.0 Å². The number of carbonyl (C=O) groups excluding carboxylic acids is 2. The molecule has 0 atom stereocenters. The van der Waals surface area contributed by atoms with Crippen molar-refractivity contribution in [3.05, 3.63) is 59.7 Å². The Morgan fingerprint density at radius 3 is 2.60 bits per heavy atom. The summed E-state index contributed by atoms with van der Waals surface area (Å²) in [7, 11) is 0. The Bertz CT molecular complexity index is 1090. The highest BCUT2D eigenvalue weighted by molar-refractivity contribution is 5.99. The number of anilines is 1. The maximum absolute atomic E-state index is 13.7. The number of hydrogen-bond donors (Lipinski definition) is 2. The number of amides is 2. The van der Waals surface area contributed by atoms with Gasteiger partial charge in [-0.1, -0.05) is 31.4 Å². The third-order valence-corrected chi connectivity index (χ3v) is 5.37. The van der Waals surface area contributed by atoms with Crippen LogP contribution >= 0.6 is 0 Å². The van der Waals surface area contributed by atoms with Gasteiger partial charge in [0.2, 0.25) is 11.9 Å². The molecule has 0 aliphatic heterocycles. The van der Waals surface area contributed by atoms with Gasteiger partial charge in [0.25, 0.3) is 5.91 Å². The van der Waals surface area contributed by atoms with E-state index in [1.54, 1.807) is 0 Å². The highest BCUT2D eigenvalue weighted by Crippen LogP contribution is 2.34. The van der Waals surface area contributed by atoms with Crippen LogP contribution in [0.4, 0.5) is 14.7 Å². The molecule has 2 aromatic carbocycles. The highest BCUT2D eigenvalue weighted by Gasteiger charge is 2.22. The predicted molar refractivity (Wildman–Crippen MR) is 109 cm³/mol. The van der Waals surface area contributed by atoms with Gasteiger partial charge in [-0.25, -0.2) is 13.8 Å². The second kappa shape index (κ2) is 8.61. The zero-order chi connectivity index (χ0) is 21.1. The number of nitrogens with zero attached hydrogens (tertiary/aromatic N) is 2. The molecule has 8 heteroatoms. The molecule has 0 bridgehead atoms. The largest absolute Gasteiger partial charge is 0.343 e. The lowest BCUT2D eigenvalue weighted by atomic mass is 9.95. The predicted octanol–water partition coefficient (Wildman–Crippen LogP) is 4.19. The second-order valence-electron chi connectivity index (χ2n) is 7.44. The quantitative estimate of drug-likeness (QED) is 0.660. The minimum absolute atomic E-state index is 0.254. The molecule has 1 aromatic heterocycles. The van der Waals surface area contributed by atoms with Crippen molar-refractivity contribution in [2.75, 3.05) is 11.9 Å². The fourth-order valence-electron chi connectivity index (χ4n) is 3.94. The molecule has 0 radical (unpaired) electrons. The van der Waals surface area contributed by atoms with Crippen molar-refractivity contribution in [1.29, 1.82) is 0 Å². The second-order valence-corrected chi connectivity index (χ2v) is 7.44.